The number of aromatic amines is 1. The van der Waals surface area contributed by atoms with E-state index in [2.05, 4.69) is 15.3 Å². The average Bonchev–Trinajstić information content (AvgIpc) is 3.23. The minimum Gasteiger partial charge on any atom is -0.481 e. The summed E-state index contributed by atoms with van der Waals surface area (Å²) in [5, 5.41) is 32.8. The highest BCUT2D eigenvalue weighted by molar-refractivity contribution is 5.97. The van der Waals surface area contributed by atoms with Crippen LogP contribution in [0.4, 0.5) is 0 Å². The van der Waals surface area contributed by atoms with Crippen molar-refractivity contribution < 1.29 is 48.9 Å². The van der Waals surface area contributed by atoms with Gasteiger partial charge in [-0.2, -0.15) is 0 Å². The maximum atomic E-state index is 12.7. The number of H-pyrrole nitrogens is 1. The Morgan fingerprint density at radius 1 is 0.829 bits per heavy atom. The highest BCUT2D eigenvalue weighted by Gasteiger charge is 2.33. The predicted octanol–water partition coefficient (Wildman–Crippen LogP) is -4.36. The van der Waals surface area contributed by atoms with Crippen molar-refractivity contribution >= 4 is 41.5 Å². The van der Waals surface area contributed by atoms with Crippen molar-refractivity contribution in [1.29, 1.82) is 0 Å². The third kappa shape index (κ3) is 10.3. The number of carbonyl (C=O) groups is 7. The van der Waals surface area contributed by atoms with E-state index in [-0.39, 0.29) is 6.42 Å². The molecule has 0 aliphatic heterocycles. The monoisotopic (exact) mass is 499 g/mol. The smallest absolute Gasteiger partial charge is 0.326 e. The van der Waals surface area contributed by atoms with Crippen LogP contribution in [0.5, 0.6) is 0 Å². The van der Waals surface area contributed by atoms with E-state index < -0.39 is 85.0 Å². The summed E-state index contributed by atoms with van der Waals surface area (Å²) in [5.41, 5.74) is 11.4. The van der Waals surface area contributed by atoms with Crippen LogP contribution in [0.2, 0.25) is 0 Å². The molecule has 4 unspecified atom stereocenters. The Labute approximate surface area is 196 Å². The molecule has 0 saturated carbocycles. The van der Waals surface area contributed by atoms with Gasteiger partial charge in [-0.15, -0.1) is 0 Å². The Kier molecular flexibility index (Phi) is 10.8. The number of aromatic nitrogens is 2. The SMILES string of the molecule is NC(=O)CC(NC(=O)C(N)Cc1cnc[nH]1)C(=O)NC(CC(=O)O)C(=O)NC(CC(=O)O)C(=O)O. The predicted molar refractivity (Wildman–Crippen MR) is 112 cm³/mol. The minimum atomic E-state index is -1.92. The number of hydrogen-bond acceptors (Lipinski definition) is 9. The zero-order chi connectivity index (χ0) is 26.7. The van der Waals surface area contributed by atoms with Gasteiger partial charge in [-0.05, 0) is 0 Å². The molecule has 0 spiro atoms. The van der Waals surface area contributed by atoms with Crippen LogP contribution in [0.15, 0.2) is 12.5 Å². The molecule has 17 nitrogen and oxygen atoms in total. The van der Waals surface area contributed by atoms with Crippen molar-refractivity contribution in [2.45, 2.75) is 49.9 Å². The molecule has 1 rings (SSSR count). The lowest BCUT2D eigenvalue weighted by atomic mass is 10.1. The van der Waals surface area contributed by atoms with Crippen molar-refractivity contribution in [1.82, 2.24) is 25.9 Å². The first kappa shape index (κ1) is 28.5. The van der Waals surface area contributed by atoms with Gasteiger partial charge in [0.1, 0.15) is 18.1 Å². The number of amides is 4. The summed E-state index contributed by atoms with van der Waals surface area (Å²) >= 11 is 0. The molecular weight excluding hydrogens is 474 g/mol. The van der Waals surface area contributed by atoms with Crippen molar-refractivity contribution in [3.63, 3.8) is 0 Å². The van der Waals surface area contributed by atoms with Gasteiger partial charge in [-0.1, -0.05) is 0 Å². The van der Waals surface area contributed by atoms with Crippen molar-refractivity contribution in [3.05, 3.63) is 18.2 Å². The van der Waals surface area contributed by atoms with E-state index in [0.29, 0.717) is 5.69 Å². The minimum absolute atomic E-state index is 0.0130. The Hall–Kier alpha value is -4.54. The average molecular weight is 499 g/mol. The number of primary amides is 1. The summed E-state index contributed by atoms with van der Waals surface area (Å²) in [5.74, 6) is -9.29. The van der Waals surface area contributed by atoms with Gasteiger partial charge in [0.15, 0.2) is 0 Å². The van der Waals surface area contributed by atoms with Crippen molar-refractivity contribution in [2.75, 3.05) is 0 Å². The summed E-state index contributed by atoms with van der Waals surface area (Å²) in [7, 11) is 0. The quantitative estimate of drug-likeness (QED) is 0.111. The van der Waals surface area contributed by atoms with Gasteiger partial charge in [-0.3, -0.25) is 28.8 Å². The van der Waals surface area contributed by atoms with Gasteiger partial charge in [0.05, 0.1) is 31.6 Å². The number of nitrogens with zero attached hydrogens (tertiary/aromatic N) is 1. The van der Waals surface area contributed by atoms with Gasteiger partial charge in [0.25, 0.3) is 0 Å². The number of imidazole rings is 1. The number of carbonyl (C=O) groups excluding carboxylic acids is 4. The van der Waals surface area contributed by atoms with E-state index in [1.807, 2.05) is 10.6 Å². The van der Waals surface area contributed by atoms with Gasteiger partial charge in [0.2, 0.25) is 23.6 Å². The molecule has 1 heterocycles. The van der Waals surface area contributed by atoms with Crippen LogP contribution in [0.3, 0.4) is 0 Å². The summed E-state index contributed by atoms with van der Waals surface area (Å²) in [4.78, 5) is 88.5. The van der Waals surface area contributed by atoms with Gasteiger partial charge in [0, 0.05) is 18.3 Å². The number of aliphatic carboxylic acids is 3. The molecule has 11 N–H and O–H groups in total. The molecule has 35 heavy (non-hydrogen) atoms. The van der Waals surface area contributed by atoms with Gasteiger partial charge < -0.3 is 47.7 Å². The largest absolute Gasteiger partial charge is 0.481 e. The number of nitrogens with one attached hydrogen (secondary N) is 4. The Balaban J connectivity index is 2.97. The summed E-state index contributed by atoms with van der Waals surface area (Å²) < 4.78 is 0. The second-order valence-corrected chi connectivity index (χ2v) is 7.28. The van der Waals surface area contributed by atoms with Gasteiger partial charge in [-0.25, -0.2) is 9.78 Å². The first-order valence-electron chi connectivity index (χ1n) is 9.88. The molecule has 0 bridgehead atoms. The summed E-state index contributed by atoms with van der Waals surface area (Å²) in [6, 6.07) is -6.66. The number of carboxylic acid groups (broad SMARTS) is 3. The lowest BCUT2D eigenvalue weighted by molar-refractivity contribution is -0.148. The third-order valence-corrected chi connectivity index (χ3v) is 4.37. The normalized spacial score (nSPS) is 14.0. The lowest BCUT2D eigenvalue weighted by Crippen LogP contribution is -2.58. The van der Waals surface area contributed by atoms with Crippen LogP contribution < -0.4 is 27.4 Å². The van der Waals surface area contributed by atoms with E-state index in [0.717, 1.165) is 0 Å². The fourth-order valence-electron chi connectivity index (χ4n) is 2.72. The molecule has 0 saturated heterocycles. The topological polar surface area (TPSA) is 297 Å². The molecule has 0 aliphatic rings. The van der Waals surface area contributed by atoms with Crippen LogP contribution in [0, 0.1) is 0 Å². The zero-order valence-corrected chi connectivity index (χ0v) is 18.1. The van der Waals surface area contributed by atoms with E-state index in [1.165, 1.54) is 12.5 Å². The first-order valence-corrected chi connectivity index (χ1v) is 9.88. The van der Waals surface area contributed by atoms with E-state index >= 15 is 0 Å². The number of hydrogen-bond donors (Lipinski definition) is 9. The number of nitrogens with two attached hydrogens (primary N) is 2. The fourth-order valence-corrected chi connectivity index (χ4v) is 2.72. The van der Waals surface area contributed by atoms with Crippen molar-refractivity contribution in [2.24, 2.45) is 11.5 Å². The van der Waals surface area contributed by atoms with Crippen molar-refractivity contribution in [3.8, 4) is 0 Å². The maximum Gasteiger partial charge on any atom is 0.326 e. The molecule has 0 aromatic carbocycles. The number of carboxylic acids is 3. The molecule has 1 aromatic rings. The third-order valence-electron chi connectivity index (χ3n) is 4.37. The molecular formula is C18H25N7O10. The second-order valence-electron chi connectivity index (χ2n) is 7.28. The maximum absolute atomic E-state index is 12.7. The van der Waals surface area contributed by atoms with E-state index in [1.54, 1.807) is 0 Å². The molecule has 17 heteroatoms. The highest BCUT2D eigenvalue weighted by atomic mass is 16.4. The van der Waals surface area contributed by atoms with Crippen LogP contribution in [0.1, 0.15) is 25.0 Å². The first-order chi connectivity index (χ1) is 16.3. The Morgan fingerprint density at radius 2 is 1.31 bits per heavy atom. The van der Waals surface area contributed by atoms with Crippen LogP contribution in [-0.4, -0.2) is 91.0 Å². The fraction of sp³-hybridized carbons (Fsp3) is 0.444. The molecule has 0 fully saturated rings. The summed E-state index contributed by atoms with van der Waals surface area (Å²) in [6.07, 6.45) is -0.0582. The standard InChI is InChI=1S/C18H25N7O10/c19-8(1-7-5-21-6-22-7)15(31)23-9(2-12(20)26)16(32)24-10(3-13(27)28)17(33)25-11(18(34)35)4-14(29)30/h5-6,8-11H,1-4,19H2,(H2,20,26)(H,21,22)(H,23,31)(H,24,32)(H,25,33)(H,27,28)(H,29,30)(H,34,35). The van der Waals surface area contributed by atoms with Crippen LogP contribution >= 0.6 is 0 Å². The zero-order valence-electron chi connectivity index (χ0n) is 18.1. The molecule has 0 aliphatic carbocycles. The Morgan fingerprint density at radius 3 is 1.77 bits per heavy atom. The second kappa shape index (κ2) is 13.2. The van der Waals surface area contributed by atoms with Crippen LogP contribution in [-0.2, 0) is 40.0 Å². The molecule has 1 aromatic heterocycles. The molecule has 4 atom stereocenters. The summed E-state index contributed by atoms with van der Waals surface area (Å²) in [6.45, 7) is 0. The lowest BCUT2D eigenvalue weighted by Gasteiger charge is -2.23. The van der Waals surface area contributed by atoms with Gasteiger partial charge >= 0.3 is 17.9 Å². The van der Waals surface area contributed by atoms with Crippen LogP contribution in [0.25, 0.3) is 0 Å². The Bertz CT molecular complexity index is 965. The highest BCUT2D eigenvalue weighted by Crippen LogP contribution is 2.03. The van der Waals surface area contributed by atoms with E-state index in [9.17, 15) is 33.6 Å². The molecule has 192 valence electrons. The molecule has 0 radical (unpaired) electrons. The van der Waals surface area contributed by atoms with E-state index in [4.69, 9.17) is 26.8 Å². The molecule has 4 amide bonds. The number of rotatable bonds is 15.